The zero-order valence-corrected chi connectivity index (χ0v) is 10.6. The minimum absolute atomic E-state index is 0.0477. The fourth-order valence-corrected chi connectivity index (χ4v) is 2.26. The van der Waals surface area contributed by atoms with Gasteiger partial charge in [-0.25, -0.2) is 4.39 Å². The first kappa shape index (κ1) is 12.8. The molecule has 1 aromatic carbocycles. The Bertz CT molecular complexity index is 438. The largest absolute Gasteiger partial charge is 0.336 e. The summed E-state index contributed by atoms with van der Waals surface area (Å²) in [5, 5.41) is 0. The summed E-state index contributed by atoms with van der Waals surface area (Å²) in [7, 11) is 0. The maximum atomic E-state index is 12.7. The van der Waals surface area contributed by atoms with Crippen molar-refractivity contribution in [2.75, 3.05) is 6.54 Å². The van der Waals surface area contributed by atoms with Crippen molar-refractivity contribution in [2.45, 2.75) is 32.2 Å². The third-order valence-electron chi connectivity index (χ3n) is 3.37. The van der Waals surface area contributed by atoms with Crippen LogP contribution in [-0.2, 0) is 4.79 Å². The molecule has 1 saturated heterocycles. The van der Waals surface area contributed by atoms with Crippen molar-refractivity contribution in [2.24, 2.45) is 0 Å². The van der Waals surface area contributed by atoms with Gasteiger partial charge < -0.3 is 4.90 Å². The molecule has 1 fully saturated rings. The third-order valence-corrected chi connectivity index (χ3v) is 3.37. The molecule has 18 heavy (non-hydrogen) atoms. The Morgan fingerprint density at radius 2 is 2.06 bits per heavy atom. The summed E-state index contributed by atoms with van der Waals surface area (Å²) in [4.78, 5) is 13.9. The molecule has 1 atom stereocenters. The lowest BCUT2D eigenvalue weighted by atomic mass is 10.0. The van der Waals surface area contributed by atoms with Gasteiger partial charge in [-0.3, -0.25) is 4.79 Å². The van der Waals surface area contributed by atoms with Gasteiger partial charge in [0.15, 0.2) is 0 Å². The minimum Gasteiger partial charge on any atom is -0.336 e. The zero-order chi connectivity index (χ0) is 13.0. The highest BCUT2D eigenvalue weighted by atomic mass is 19.1. The van der Waals surface area contributed by atoms with Crippen LogP contribution >= 0.6 is 0 Å². The Kier molecular flexibility index (Phi) is 4.13. The second kappa shape index (κ2) is 5.80. The van der Waals surface area contributed by atoms with Crippen molar-refractivity contribution in [1.29, 1.82) is 0 Å². The molecule has 0 aromatic heterocycles. The van der Waals surface area contributed by atoms with Crippen LogP contribution in [0.3, 0.4) is 0 Å². The molecule has 1 heterocycles. The van der Waals surface area contributed by atoms with Gasteiger partial charge >= 0.3 is 0 Å². The molecule has 2 nitrogen and oxygen atoms in total. The van der Waals surface area contributed by atoms with Gasteiger partial charge in [0.25, 0.3) is 0 Å². The highest BCUT2D eigenvalue weighted by Gasteiger charge is 2.20. The third kappa shape index (κ3) is 3.19. The van der Waals surface area contributed by atoms with Crippen molar-refractivity contribution in [1.82, 2.24) is 4.90 Å². The Balaban J connectivity index is 1.99. The number of nitrogens with zero attached hydrogens (tertiary/aromatic N) is 1. The van der Waals surface area contributed by atoms with E-state index in [1.165, 1.54) is 18.6 Å². The van der Waals surface area contributed by atoms with Crippen LogP contribution in [-0.4, -0.2) is 23.4 Å². The number of benzene rings is 1. The van der Waals surface area contributed by atoms with Gasteiger partial charge in [0.1, 0.15) is 5.82 Å². The summed E-state index contributed by atoms with van der Waals surface area (Å²) in [6.45, 7) is 2.93. The van der Waals surface area contributed by atoms with Crippen LogP contribution in [0.2, 0.25) is 0 Å². The van der Waals surface area contributed by atoms with E-state index in [1.807, 2.05) is 4.90 Å². The van der Waals surface area contributed by atoms with E-state index in [1.54, 1.807) is 24.3 Å². The van der Waals surface area contributed by atoms with Crippen molar-refractivity contribution < 1.29 is 9.18 Å². The molecule has 0 spiro atoms. The summed E-state index contributed by atoms with van der Waals surface area (Å²) < 4.78 is 12.7. The second-order valence-corrected chi connectivity index (χ2v) is 4.76. The minimum atomic E-state index is -0.261. The van der Waals surface area contributed by atoms with E-state index in [2.05, 4.69) is 6.92 Å². The molecule has 0 saturated carbocycles. The first-order valence-electron chi connectivity index (χ1n) is 6.41. The highest BCUT2D eigenvalue weighted by molar-refractivity contribution is 5.92. The molecule has 1 aliphatic rings. The average molecular weight is 247 g/mol. The van der Waals surface area contributed by atoms with Crippen molar-refractivity contribution in [3.8, 4) is 0 Å². The monoisotopic (exact) mass is 247 g/mol. The van der Waals surface area contributed by atoms with E-state index in [0.29, 0.717) is 6.04 Å². The summed E-state index contributed by atoms with van der Waals surface area (Å²) in [6, 6.07) is 6.45. The zero-order valence-electron chi connectivity index (χ0n) is 10.6. The number of hydrogen-bond donors (Lipinski definition) is 0. The SMILES string of the molecule is CC1CCCCN1C(=O)/C=C/c1ccc(F)cc1. The van der Waals surface area contributed by atoms with Gasteiger partial charge in [0.05, 0.1) is 0 Å². The number of halogens is 1. The molecule has 2 rings (SSSR count). The summed E-state index contributed by atoms with van der Waals surface area (Å²) in [6.07, 6.45) is 6.68. The maximum Gasteiger partial charge on any atom is 0.246 e. The molecular weight excluding hydrogens is 229 g/mol. The summed E-state index contributed by atoms with van der Waals surface area (Å²) >= 11 is 0. The lowest BCUT2D eigenvalue weighted by molar-refractivity contribution is -0.129. The Morgan fingerprint density at radius 3 is 2.72 bits per heavy atom. The van der Waals surface area contributed by atoms with Crippen LogP contribution in [0.5, 0.6) is 0 Å². The molecular formula is C15H18FNO. The van der Waals surface area contributed by atoms with Gasteiger partial charge in [-0.1, -0.05) is 12.1 Å². The quantitative estimate of drug-likeness (QED) is 0.735. The highest BCUT2D eigenvalue weighted by Crippen LogP contribution is 2.17. The smallest absolute Gasteiger partial charge is 0.246 e. The number of carbonyl (C=O) groups is 1. The van der Waals surface area contributed by atoms with E-state index >= 15 is 0 Å². The average Bonchev–Trinajstić information content (AvgIpc) is 2.38. The Morgan fingerprint density at radius 1 is 1.33 bits per heavy atom. The van der Waals surface area contributed by atoms with E-state index in [9.17, 15) is 9.18 Å². The molecule has 1 aromatic rings. The van der Waals surface area contributed by atoms with Gasteiger partial charge in [-0.15, -0.1) is 0 Å². The molecule has 0 bridgehead atoms. The number of rotatable bonds is 2. The van der Waals surface area contributed by atoms with E-state index in [-0.39, 0.29) is 11.7 Å². The van der Waals surface area contributed by atoms with Gasteiger partial charge in [-0.05, 0) is 50.0 Å². The molecule has 1 amide bonds. The Hall–Kier alpha value is -1.64. The van der Waals surface area contributed by atoms with Crippen LogP contribution < -0.4 is 0 Å². The molecule has 1 aliphatic heterocycles. The predicted molar refractivity (Wildman–Crippen MR) is 70.5 cm³/mol. The van der Waals surface area contributed by atoms with E-state index in [0.717, 1.165) is 24.9 Å². The number of carbonyl (C=O) groups excluding carboxylic acids is 1. The van der Waals surface area contributed by atoms with Crippen LogP contribution in [0.25, 0.3) is 6.08 Å². The van der Waals surface area contributed by atoms with Crippen molar-refractivity contribution in [3.63, 3.8) is 0 Å². The van der Waals surface area contributed by atoms with Gasteiger partial charge in [0.2, 0.25) is 5.91 Å². The standard InChI is InChI=1S/C15H18FNO/c1-12-4-2-3-11-17(12)15(18)10-7-13-5-8-14(16)9-6-13/h5-10,12H,2-4,11H2,1H3/b10-7+. The normalized spacial score (nSPS) is 20.3. The number of piperidine rings is 1. The lowest BCUT2D eigenvalue weighted by Gasteiger charge is -2.32. The molecule has 0 aliphatic carbocycles. The fraction of sp³-hybridized carbons (Fsp3) is 0.400. The van der Waals surface area contributed by atoms with Crippen LogP contribution in [0.1, 0.15) is 31.7 Å². The topological polar surface area (TPSA) is 20.3 Å². The van der Waals surface area contributed by atoms with Crippen LogP contribution in [0, 0.1) is 5.82 Å². The van der Waals surface area contributed by atoms with Gasteiger partial charge in [0, 0.05) is 18.7 Å². The van der Waals surface area contributed by atoms with Crippen molar-refractivity contribution in [3.05, 3.63) is 41.7 Å². The van der Waals surface area contributed by atoms with Crippen LogP contribution in [0.15, 0.2) is 30.3 Å². The molecule has 1 unspecified atom stereocenters. The van der Waals surface area contributed by atoms with E-state index in [4.69, 9.17) is 0 Å². The number of likely N-dealkylation sites (tertiary alicyclic amines) is 1. The van der Waals surface area contributed by atoms with Crippen molar-refractivity contribution >= 4 is 12.0 Å². The van der Waals surface area contributed by atoms with E-state index < -0.39 is 0 Å². The fourth-order valence-electron chi connectivity index (χ4n) is 2.26. The summed E-state index contributed by atoms with van der Waals surface area (Å²) in [5.74, 6) is -0.213. The first-order chi connectivity index (χ1) is 8.66. The Labute approximate surface area is 107 Å². The molecule has 0 radical (unpaired) electrons. The lowest BCUT2D eigenvalue weighted by Crippen LogP contribution is -2.41. The molecule has 96 valence electrons. The summed E-state index contributed by atoms with van der Waals surface area (Å²) in [5.41, 5.74) is 0.842. The number of amides is 1. The molecule has 0 N–H and O–H groups in total. The second-order valence-electron chi connectivity index (χ2n) is 4.76. The predicted octanol–water partition coefficient (Wildman–Crippen LogP) is 3.24. The number of hydrogen-bond acceptors (Lipinski definition) is 1. The molecule has 3 heteroatoms. The first-order valence-corrected chi connectivity index (χ1v) is 6.41. The van der Waals surface area contributed by atoms with Gasteiger partial charge in [-0.2, -0.15) is 0 Å². The maximum absolute atomic E-state index is 12.7. The van der Waals surface area contributed by atoms with Crippen LogP contribution in [0.4, 0.5) is 4.39 Å².